The number of methoxy groups -OCH3 is 1. The lowest BCUT2D eigenvalue weighted by Crippen LogP contribution is -2.33. The summed E-state index contributed by atoms with van der Waals surface area (Å²) in [7, 11) is 1.62. The lowest BCUT2D eigenvalue weighted by Gasteiger charge is -2.13. The van der Waals surface area contributed by atoms with Crippen LogP contribution in [0.5, 0.6) is 5.75 Å². The van der Waals surface area contributed by atoms with Crippen molar-refractivity contribution < 1.29 is 14.3 Å². The zero-order valence-corrected chi connectivity index (χ0v) is 15.4. The van der Waals surface area contributed by atoms with Gasteiger partial charge in [-0.1, -0.05) is 17.8 Å². The van der Waals surface area contributed by atoms with Gasteiger partial charge in [0.25, 0.3) is 0 Å². The van der Waals surface area contributed by atoms with Gasteiger partial charge in [0.2, 0.25) is 11.8 Å². The summed E-state index contributed by atoms with van der Waals surface area (Å²) >= 11 is 1.28. The van der Waals surface area contributed by atoms with Gasteiger partial charge in [-0.3, -0.25) is 19.1 Å². The van der Waals surface area contributed by atoms with Gasteiger partial charge in [-0.05, 0) is 30.7 Å². The Hall–Kier alpha value is -2.61. The van der Waals surface area contributed by atoms with Gasteiger partial charge in [0.1, 0.15) is 5.75 Å². The maximum absolute atomic E-state index is 12.2. The van der Waals surface area contributed by atoms with E-state index in [1.807, 2.05) is 28.8 Å². The van der Waals surface area contributed by atoms with Crippen LogP contribution < -0.4 is 4.74 Å². The molecule has 1 aromatic carbocycles. The topological polar surface area (TPSA) is 77.3 Å². The highest BCUT2D eigenvalue weighted by molar-refractivity contribution is 7.99. The molecule has 0 aliphatic carbocycles. The second kappa shape index (κ2) is 8.18. The van der Waals surface area contributed by atoms with Gasteiger partial charge in [0.15, 0.2) is 11.0 Å². The highest BCUT2D eigenvalue weighted by Crippen LogP contribution is 2.26. The first-order valence-electron chi connectivity index (χ1n) is 8.28. The number of aromatic nitrogens is 3. The third-order valence-electron chi connectivity index (χ3n) is 4.08. The van der Waals surface area contributed by atoms with Crippen LogP contribution in [0.2, 0.25) is 0 Å². The molecule has 0 atom stereocenters. The van der Waals surface area contributed by atoms with Crippen molar-refractivity contribution in [2.24, 2.45) is 0 Å². The Labute approximate surface area is 156 Å². The van der Waals surface area contributed by atoms with Gasteiger partial charge in [-0.25, -0.2) is 0 Å². The number of hydrogen-bond acceptors (Lipinski definition) is 6. The minimum absolute atomic E-state index is 0.0953. The molecule has 2 heterocycles. The molecule has 0 N–H and O–H groups in total. The van der Waals surface area contributed by atoms with E-state index in [4.69, 9.17) is 4.74 Å². The van der Waals surface area contributed by atoms with E-state index in [9.17, 15) is 9.59 Å². The predicted molar refractivity (Wildman–Crippen MR) is 98.9 cm³/mol. The van der Waals surface area contributed by atoms with Crippen molar-refractivity contribution in [1.29, 1.82) is 0 Å². The molecule has 26 heavy (non-hydrogen) atoms. The molecule has 1 fully saturated rings. The SMILES string of the molecule is C=CCn1c(SCC(=O)N2CCCC2=O)nnc1-c1ccc(OC)cc1. The van der Waals surface area contributed by atoms with Crippen molar-refractivity contribution in [1.82, 2.24) is 19.7 Å². The van der Waals surface area contributed by atoms with E-state index in [1.54, 1.807) is 13.2 Å². The van der Waals surface area contributed by atoms with Crippen LogP contribution in [-0.2, 0) is 16.1 Å². The van der Waals surface area contributed by atoms with E-state index in [-0.39, 0.29) is 17.6 Å². The lowest BCUT2D eigenvalue weighted by molar-refractivity contribution is -0.140. The minimum atomic E-state index is -0.184. The Bertz CT molecular complexity index is 816. The molecule has 8 heteroatoms. The highest BCUT2D eigenvalue weighted by Gasteiger charge is 2.26. The molecule has 0 spiro atoms. The number of allylic oxidation sites excluding steroid dienone is 1. The van der Waals surface area contributed by atoms with Crippen molar-refractivity contribution in [3.05, 3.63) is 36.9 Å². The van der Waals surface area contributed by atoms with Crippen molar-refractivity contribution in [3.63, 3.8) is 0 Å². The van der Waals surface area contributed by atoms with E-state index in [0.29, 0.717) is 30.5 Å². The molecule has 1 aliphatic heterocycles. The molecule has 7 nitrogen and oxygen atoms in total. The van der Waals surface area contributed by atoms with E-state index < -0.39 is 0 Å². The van der Waals surface area contributed by atoms with Gasteiger partial charge in [0.05, 0.1) is 12.9 Å². The Morgan fingerprint density at radius 1 is 1.35 bits per heavy atom. The quantitative estimate of drug-likeness (QED) is 0.549. The summed E-state index contributed by atoms with van der Waals surface area (Å²) in [5, 5.41) is 9.10. The van der Waals surface area contributed by atoms with E-state index in [0.717, 1.165) is 17.7 Å². The first-order chi connectivity index (χ1) is 12.6. The number of benzene rings is 1. The molecule has 2 amide bonds. The predicted octanol–water partition coefficient (Wildman–Crippen LogP) is 2.38. The average molecular weight is 372 g/mol. The molecule has 0 radical (unpaired) electrons. The standard InChI is InChI=1S/C18H20N4O3S/c1-3-10-22-17(13-6-8-14(25-2)9-7-13)19-20-18(22)26-12-16(24)21-11-4-5-15(21)23/h3,6-9H,1,4-5,10-12H2,2H3. The van der Waals surface area contributed by atoms with Gasteiger partial charge in [0, 0.05) is 25.1 Å². The number of carbonyl (C=O) groups is 2. The smallest absolute Gasteiger partial charge is 0.239 e. The van der Waals surface area contributed by atoms with Gasteiger partial charge >= 0.3 is 0 Å². The number of amides is 2. The molecule has 1 aliphatic rings. The summed E-state index contributed by atoms with van der Waals surface area (Å²) in [6, 6.07) is 7.53. The number of ether oxygens (including phenoxy) is 1. The summed E-state index contributed by atoms with van der Waals surface area (Å²) < 4.78 is 7.08. The van der Waals surface area contributed by atoms with Gasteiger partial charge in [-0.2, -0.15) is 0 Å². The zero-order valence-electron chi connectivity index (χ0n) is 14.6. The largest absolute Gasteiger partial charge is 0.497 e. The minimum Gasteiger partial charge on any atom is -0.497 e. The second-order valence-electron chi connectivity index (χ2n) is 5.77. The molecule has 136 valence electrons. The normalized spacial score (nSPS) is 13.9. The Balaban J connectivity index is 1.77. The summed E-state index contributed by atoms with van der Waals surface area (Å²) in [5.41, 5.74) is 0.896. The number of imide groups is 1. The van der Waals surface area contributed by atoms with Crippen LogP contribution in [0.3, 0.4) is 0 Å². The highest BCUT2D eigenvalue weighted by atomic mass is 32.2. The van der Waals surface area contributed by atoms with Gasteiger partial charge in [-0.15, -0.1) is 16.8 Å². The number of rotatable bonds is 7. The summed E-state index contributed by atoms with van der Waals surface area (Å²) in [6.07, 6.45) is 2.94. The number of carbonyl (C=O) groups excluding carboxylic acids is 2. The number of likely N-dealkylation sites (tertiary alicyclic amines) is 1. The van der Waals surface area contributed by atoms with Crippen LogP contribution in [0.4, 0.5) is 0 Å². The zero-order chi connectivity index (χ0) is 18.5. The van der Waals surface area contributed by atoms with Crippen LogP contribution in [-0.4, -0.2) is 50.9 Å². The monoisotopic (exact) mass is 372 g/mol. The van der Waals surface area contributed by atoms with E-state index >= 15 is 0 Å². The van der Waals surface area contributed by atoms with Crippen molar-refractivity contribution in [2.45, 2.75) is 24.5 Å². The molecule has 3 rings (SSSR count). The molecule has 1 saturated heterocycles. The maximum atomic E-state index is 12.2. The fourth-order valence-corrected chi connectivity index (χ4v) is 3.58. The number of hydrogen-bond donors (Lipinski definition) is 0. The summed E-state index contributed by atoms with van der Waals surface area (Å²) in [5.74, 6) is 1.33. The van der Waals surface area contributed by atoms with Crippen molar-refractivity contribution in [3.8, 4) is 17.1 Å². The first kappa shape index (κ1) is 18.2. The van der Waals surface area contributed by atoms with Crippen LogP contribution in [0.1, 0.15) is 12.8 Å². The molecule has 0 unspecified atom stereocenters. The van der Waals surface area contributed by atoms with Crippen LogP contribution in [0.25, 0.3) is 11.4 Å². The lowest BCUT2D eigenvalue weighted by atomic mass is 10.2. The Kier molecular flexibility index (Phi) is 5.72. The molecule has 0 saturated carbocycles. The molecule has 1 aromatic heterocycles. The maximum Gasteiger partial charge on any atom is 0.239 e. The second-order valence-corrected chi connectivity index (χ2v) is 6.71. The van der Waals surface area contributed by atoms with Crippen LogP contribution in [0.15, 0.2) is 42.1 Å². The Morgan fingerprint density at radius 2 is 2.12 bits per heavy atom. The average Bonchev–Trinajstić information content (AvgIpc) is 3.26. The summed E-state index contributed by atoms with van der Waals surface area (Å²) in [6.45, 7) is 4.81. The van der Waals surface area contributed by atoms with Crippen LogP contribution >= 0.6 is 11.8 Å². The molecular formula is C18H20N4O3S. The van der Waals surface area contributed by atoms with Crippen molar-refractivity contribution >= 4 is 23.6 Å². The third kappa shape index (κ3) is 3.80. The summed E-state index contributed by atoms with van der Waals surface area (Å²) in [4.78, 5) is 25.2. The van der Waals surface area contributed by atoms with Gasteiger partial charge < -0.3 is 4.74 Å². The van der Waals surface area contributed by atoms with Crippen LogP contribution in [0, 0.1) is 0 Å². The molecular weight excluding hydrogens is 352 g/mol. The third-order valence-corrected chi connectivity index (χ3v) is 5.03. The first-order valence-corrected chi connectivity index (χ1v) is 9.27. The fourth-order valence-electron chi connectivity index (χ4n) is 2.76. The number of nitrogens with zero attached hydrogens (tertiary/aromatic N) is 4. The Morgan fingerprint density at radius 3 is 2.73 bits per heavy atom. The van der Waals surface area contributed by atoms with Crippen molar-refractivity contribution in [2.75, 3.05) is 19.4 Å². The van der Waals surface area contributed by atoms with E-state index in [2.05, 4.69) is 16.8 Å². The molecule has 0 bridgehead atoms. The fraction of sp³-hybridized carbons (Fsp3) is 0.333. The molecule has 2 aromatic rings. The number of thioether (sulfide) groups is 1. The van der Waals surface area contributed by atoms with E-state index in [1.165, 1.54) is 16.7 Å².